The lowest BCUT2D eigenvalue weighted by molar-refractivity contribution is -0.384. The van der Waals surface area contributed by atoms with E-state index < -0.39 is 16.8 Å². The van der Waals surface area contributed by atoms with Crippen molar-refractivity contribution in [2.75, 3.05) is 18.7 Å². The summed E-state index contributed by atoms with van der Waals surface area (Å²) in [5.74, 6) is -0.556. The Hall–Kier alpha value is -3.23. The molecule has 0 bridgehead atoms. The number of amides is 1. The van der Waals surface area contributed by atoms with E-state index in [0.717, 1.165) is 5.01 Å². The van der Waals surface area contributed by atoms with E-state index >= 15 is 0 Å². The van der Waals surface area contributed by atoms with Crippen LogP contribution in [0.15, 0.2) is 40.7 Å². The van der Waals surface area contributed by atoms with Gasteiger partial charge in [0.25, 0.3) is 11.6 Å². The minimum Gasteiger partial charge on any atom is -0.497 e. The number of carbonyl (C=O) groups is 2. The quantitative estimate of drug-likeness (QED) is 0.243. The molecular weight excluding hydrogens is 342 g/mol. The number of ether oxygens (including phenoxy) is 2. The summed E-state index contributed by atoms with van der Waals surface area (Å²) in [5.41, 5.74) is 0.715. The lowest BCUT2D eigenvalue weighted by Crippen LogP contribution is -2.23. The molecule has 1 aromatic rings. The fourth-order valence-electron chi connectivity index (χ4n) is 2.47. The normalized spacial score (nSPS) is 15.6. The van der Waals surface area contributed by atoms with Gasteiger partial charge in [-0.25, -0.2) is 0 Å². The Bertz CT molecular complexity index is 782. The van der Waals surface area contributed by atoms with E-state index in [1.807, 2.05) is 6.92 Å². The van der Waals surface area contributed by atoms with Gasteiger partial charge in [0.2, 0.25) is 0 Å². The number of methoxy groups -OCH3 is 1. The van der Waals surface area contributed by atoms with Crippen LogP contribution in [-0.4, -0.2) is 36.2 Å². The first-order valence-electron chi connectivity index (χ1n) is 8.02. The highest BCUT2D eigenvalue weighted by molar-refractivity contribution is 6.33. The molecule has 0 radical (unpaired) electrons. The molecule has 1 aromatic carbocycles. The van der Waals surface area contributed by atoms with Gasteiger partial charge in [-0.1, -0.05) is 6.92 Å². The molecule has 9 heteroatoms. The maximum atomic E-state index is 12.9. The van der Waals surface area contributed by atoms with E-state index in [1.54, 1.807) is 6.92 Å². The summed E-state index contributed by atoms with van der Waals surface area (Å²) in [7, 11) is 1.25. The maximum absolute atomic E-state index is 12.9. The Morgan fingerprint density at radius 1 is 1.27 bits per heavy atom. The number of rotatable bonds is 7. The highest BCUT2D eigenvalue weighted by atomic mass is 16.6. The number of hydrazone groups is 1. The summed E-state index contributed by atoms with van der Waals surface area (Å²) in [4.78, 5) is 34.8. The lowest BCUT2D eigenvalue weighted by Gasteiger charge is -2.13. The van der Waals surface area contributed by atoms with Crippen molar-refractivity contribution in [3.63, 3.8) is 0 Å². The number of benzene rings is 1. The van der Waals surface area contributed by atoms with Gasteiger partial charge in [0.15, 0.2) is 0 Å². The molecule has 9 nitrogen and oxygen atoms in total. The summed E-state index contributed by atoms with van der Waals surface area (Å²) in [6.07, 6.45) is 0.265. The average molecular weight is 361 g/mol. The average Bonchev–Trinajstić information content (AvgIpc) is 2.95. The van der Waals surface area contributed by atoms with Crippen LogP contribution in [0.3, 0.4) is 0 Å². The number of nitrogens with zero attached hydrogens (tertiary/aromatic N) is 3. The molecule has 1 amide bonds. The summed E-state index contributed by atoms with van der Waals surface area (Å²) < 4.78 is 10.2. The molecule has 0 N–H and O–H groups in total. The standard InChI is InChI=1S/C17H19N3O6/c1-4-14(26-5-2)16-13(10-15(21)25-3)18-19(17(16)22)11-6-8-12(9-7-11)20(23)24/h6-9H,4-5,10H2,1-3H3. The molecule has 2 rings (SSSR count). The molecule has 26 heavy (non-hydrogen) atoms. The Balaban J connectivity index is 2.46. The van der Waals surface area contributed by atoms with Crippen molar-refractivity contribution < 1.29 is 24.0 Å². The number of nitro groups is 1. The number of esters is 1. The number of anilines is 1. The van der Waals surface area contributed by atoms with Crippen LogP contribution in [0.5, 0.6) is 0 Å². The summed E-state index contributed by atoms with van der Waals surface area (Å²) in [6, 6.07) is 5.40. The fourth-order valence-corrected chi connectivity index (χ4v) is 2.47. The zero-order chi connectivity index (χ0) is 19.3. The molecular formula is C17H19N3O6. The third kappa shape index (κ3) is 3.88. The van der Waals surface area contributed by atoms with Gasteiger partial charge in [-0.3, -0.25) is 19.7 Å². The summed E-state index contributed by atoms with van der Waals surface area (Å²) in [6.45, 7) is 3.99. The van der Waals surface area contributed by atoms with Crippen LogP contribution in [0, 0.1) is 10.1 Å². The predicted octanol–water partition coefficient (Wildman–Crippen LogP) is 2.56. The van der Waals surface area contributed by atoms with Crippen molar-refractivity contribution in [1.29, 1.82) is 0 Å². The molecule has 0 aliphatic carbocycles. The van der Waals surface area contributed by atoms with Gasteiger partial charge in [0.1, 0.15) is 11.3 Å². The number of hydrogen-bond donors (Lipinski definition) is 0. The molecule has 1 heterocycles. The van der Waals surface area contributed by atoms with Gasteiger partial charge < -0.3 is 9.47 Å². The Kier molecular flexibility index (Phi) is 6.05. The third-order valence-corrected chi connectivity index (χ3v) is 3.68. The fraction of sp³-hybridized carbons (Fsp3) is 0.353. The molecule has 0 atom stereocenters. The highest BCUT2D eigenvalue weighted by Gasteiger charge is 2.35. The second kappa shape index (κ2) is 8.24. The van der Waals surface area contributed by atoms with Gasteiger partial charge >= 0.3 is 5.97 Å². The second-order valence-electron chi connectivity index (χ2n) is 5.27. The number of nitro benzene ring substituents is 1. The van der Waals surface area contributed by atoms with Crippen molar-refractivity contribution in [2.24, 2.45) is 5.10 Å². The monoisotopic (exact) mass is 361 g/mol. The number of non-ortho nitro benzene ring substituents is 1. The van der Waals surface area contributed by atoms with Crippen LogP contribution in [0.2, 0.25) is 0 Å². The second-order valence-corrected chi connectivity index (χ2v) is 5.27. The molecule has 1 aliphatic rings. The Morgan fingerprint density at radius 3 is 2.42 bits per heavy atom. The first kappa shape index (κ1) is 19.1. The molecule has 0 fully saturated rings. The molecule has 138 valence electrons. The van der Waals surface area contributed by atoms with E-state index in [9.17, 15) is 19.7 Å². The molecule has 0 spiro atoms. The van der Waals surface area contributed by atoms with Crippen molar-refractivity contribution in [3.05, 3.63) is 45.7 Å². The van der Waals surface area contributed by atoms with Crippen LogP contribution in [0.1, 0.15) is 26.7 Å². The predicted molar refractivity (Wildman–Crippen MR) is 93.6 cm³/mol. The first-order chi connectivity index (χ1) is 12.4. The van der Waals surface area contributed by atoms with Gasteiger partial charge in [-0.15, -0.1) is 0 Å². The lowest BCUT2D eigenvalue weighted by atomic mass is 10.1. The van der Waals surface area contributed by atoms with Crippen LogP contribution >= 0.6 is 0 Å². The first-order valence-corrected chi connectivity index (χ1v) is 8.02. The zero-order valence-corrected chi connectivity index (χ0v) is 14.7. The van der Waals surface area contributed by atoms with E-state index in [0.29, 0.717) is 24.5 Å². The molecule has 1 aliphatic heterocycles. The number of hydrogen-bond acceptors (Lipinski definition) is 7. The van der Waals surface area contributed by atoms with Crippen LogP contribution in [0.4, 0.5) is 11.4 Å². The highest BCUT2D eigenvalue weighted by Crippen LogP contribution is 2.29. The summed E-state index contributed by atoms with van der Waals surface area (Å²) >= 11 is 0. The molecule has 0 aromatic heterocycles. The topological polar surface area (TPSA) is 111 Å². The largest absolute Gasteiger partial charge is 0.497 e. The van der Waals surface area contributed by atoms with Gasteiger partial charge in [0.05, 0.1) is 36.5 Å². The SMILES string of the molecule is CCOC(CC)=C1C(=O)N(c2ccc([N+](=O)[O-])cc2)N=C1CC(=O)OC. The minimum absolute atomic E-state index is 0.0986. The van der Waals surface area contributed by atoms with Gasteiger partial charge in [-0.05, 0) is 19.1 Å². The van der Waals surface area contributed by atoms with Crippen LogP contribution in [0.25, 0.3) is 0 Å². The Labute approximate surface area is 150 Å². The van der Waals surface area contributed by atoms with Crippen LogP contribution < -0.4 is 5.01 Å². The van der Waals surface area contributed by atoms with E-state index in [2.05, 4.69) is 9.84 Å². The van der Waals surface area contributed by atoms with E-state index in [1.165, 1.54) is 31.4 Å². The van der Waals surface area contributed by atoms with Crippen molar-refractivity contribution in [3.8, 4) is 0 Å². The third-order valence-electron chi connectivity index (χ3n) is 3.68. The minimum atomic E-state index is -0.536. The number of allylic oxidation sites excluding steroid dienone is 1. The van der Waals surface area contributed by atoms with Gasteiger partial charge in [-0.2, -0.15) is 10.1 Å². The van der Waals surface area contributed by atoms with Crippen molar-refractivity contribution in [1.82, 2.24) is 0 Å². The maximum Gasteiger partial charge on any atom is 0.311 e. The van der Waals surface area contributed by atoms with Crippen LogP contribution in [-0.2, 0) is 19.1 Å². The zero-order valence-electron chi connectivity index (χ0n) is 14.7. The van der Waals surface area contributed by atoms with E-state index in [4.69, 9.17) is 4.74 Å². The van der Waals surface area contributed by atoms with Gasteiger partial charge in [0, 0.05) is 18.6 Å². The van der Waals surface area contributed by atoms with Crippen molar-refractivity contribution >= 4 is 29.0 Å². The smallest absolute Gasteiger partial charge is 0.311 e. The Morgan fingerprint density at radius 2 is 1.92 bits per heavy atom. The molecule has 0 saturated carbocycles. The molecule has 0 unspecified atom stereocenters. The van der Waals surface area contributed by atoms with Crippen molar-refractivity contribution in [2.45, 2.75) is 26.7 Å². The summed E-state index contributed by atoms with van der Waals surface area (Å²) in [5, 5.41) is 16.1. The van der Waals surface area contributed by atoms with E-state index in [-0.39, 0.29) is 23.4 Å². The number of carbonyl (C=O) groups excluding carboxylic acids is 2. The molecule has 0 saturated heterocycles.